The molecular weight excluding hydrogens is 172 g/mol. The van der Waals surface area contributed by atoms with Crippen molar-refractivity contribution in [2.24, 2.45) is 5.92 Å². The van der Waals surface area contributed by atoms with Crippen LogP contribution in [0.25, 0.3) is 0 Å². The Hall–Kier alpha value is -0.300. The SMILES string of the molecule is C1=CC(C2CCCCCC2)OCCC1. The molecule has 1 heteroatoms. The van der Waals surface area contributed by atoms with E-state index >= 15 is 0 Å². The predicted molar refractivity (Wildman–Crippen MR) is 59.3 cm³/mol. The van der Waals surface area contributed by atoms with Crippen LogP contribution in [0.3, 0.4) is 0 Å². The molecule has 0 aromatic rings. The molecule has 0 bridgehead atoms. The smallest absolute Gasteiger partial charge is 0.0783 e. The van der Waals surface area contributed by atoms with Crippen LogP contribution in [0.4, 0.5) is 0 Å². The van der Waals surface area contributed by atoms with Crippen molar-refractivity contribution in [3.63, 3.8) is 0 Å². The van der Waals surface area contributed by atoms with Gasteiger partial charge >= 0.3 is 0 Å². The van der Waals surface area contributed by atoms with E-state index in [4.69, 9.17) is 4.74 Å². The second kappa shape index (κ2) is 5.55. The Kier molecular flexibility index (Phi) is 4.05. The van der Waals surface area contributed by atoms with E-state index in [1.165, 1.54) is 51.4 Å². The van der Waals surface area contributed by atoms with Gasteiger partial charge in [0.25, 0.3) is 0 Å². The fraction of sp³-hybridized carbons (Fsp3) is 0.846. The summed E-state index contributed by atoms with van der Waals surface area (Å²) >= 11 is 0. The van der Waals surface area contributed by atoms with Gasteiger partial charge in [-0.05, 0) is 31.6 Å². The zero-order chi connectivity index (χ0) is 9.64. The Morgan fingerprint density at radius 2 is 1.71 bits per heavy atom. The zero-order valence-corrected chi connectivity index (χ0v) is 9.08. The summed E-state index contributed by atoms with van der Waals surface area (Å²) in [7, 11) is 0. The molecule has 0 saturated heterocycles. The highest BCUT2D eigenvalue weighted by Gasteiger charge is 2.21. The van der Waals surface area contributed by atoms with Crippen LogP contribution in [-0.2, 0) is 4.74 Å². The first kappa shape index (κ1) is 10.2. The van der Waals surface area contributed by atoms with Crippen LogP contribution in [0.2, 0.25) is 0 Å². The fourth-order valence-electron chi connectivity index (χ4n) is 2.64. The number of allylic oxidation sites excluding steroid dienone is 1. The predicted octanol–water partition coefficient (Wildman–Crippen LogP) is 3.69. The maximum Gasteiger partial charge on any atom is 0.0783 e. The third-order valence-corrected chi connectivity index (χ3v) is 3.52. The van der Waals surface area contributed by atoms with E-state index in [9.17, 15) is 0 Å². The van der Waals surface area contributed by atoms with Crippen molar-refractivity contribution in [1.82, 2.24) is 0 Å². The summed E-state index contributed by atoms with van der Waals surface area (Å²) in [5.74, 6) is 0.812. The second-order valence-electron chi connectivity index (χ2n) is 4.66. The van der Waals surface area contributed by atoms with E-state index in [1.54, 1.807) is 0 Å². The van der Waals surface area contributed by atoms with E-state index in [-0.39, 0.29) is 0 Å². The minimum atomic E-state index is 0.440. The molecule has 1 nitrogen and oxygen atoms in total. The Bertz CT molecular complexity index is 178. The normalized spacial score (nSPS) is 31.0. The van der Waals surface area contributed by atoms with Gasteiger partial charge in [0.1, 0.15) is 0 Å². The van der Waals surface area contributed by atoms with Crippen LogP contribution in [0.15, 0.2) is 12.2 Å². The first-order valence-corrected chi connectivity index (χ1v) is 6.25. The lowest BCUT2D eigenvalue weighted by atomic mass is 9.93. The average molecular weight is 194 g/mol. The number of ether oxygens (including phenoxy) is 1. The van der Waals surface area contributed by atoms with Crippen molar-refractivity contribution in [1.29, 1.82) is 0 Å². The molecule has 0 N–H and O–H groups in total. The Morgan fingerprint density at radius 3 is 2.50 bits per heavy atom. The minimum absolute atomic E-state index is 0.440. The molecule has 1 heterocycles. The highest BCUT2D eigenvalue weighted by Crippen LogP contribution is 2.28. The van der Waals surface area contributed by atoms with Gasteiger partial charge in [-0.3, -0.25) is 0 Å². The van der Waals surface area contributed by atoms with Gasteiger partial charge < -0.3 is 4.74 Å². The van der Waals surface area contributed by atoms with Crippen molar-refractivity contribution >= 4 is 0 Å². The molecule has 1 aliphatic heterocycles. The van der Waals surface area contributed by atoms with E-state index in [1.807, 2.05) is 0 Å². The topological polar surface area (TPSA) is 9.23 Å². The second-order valence-corrected chi connectivity index (χ2v) is 4.66. The van der Waals surface area contributed by atoms with Gasteiger partial charge in [-0.2, -0.15) is 0 Å². The van der Waals surface area contributed by atoms with Gasteiger partial charge in [0, 0.05) is 6.61 Å². The molecule has 1 aliphatic carbocycles. The maximum absolute atomic E-state index is 5.91. The largest absolute Gasteiger partial charge is 0.374 e. The van der Waals surface area contributed by atoms with Crippen molar-refractivity contribution in [2.75, 3.05) is 6.61 Å². The van der Waals surface area contributed by atoms with Gasteiger partial charge in [-0.15, -0.1) is 0 Å². The van der Waals surface area contributed by atoms with Gasteiger partial charge in [-0.25, -0.2) is 0 Å². The molecule has 0 amide bonds. The van der Waals surface area contributed by atoms with Gasteiger partial charge in [-0.1, -0.05) is 37.8 Å². The molecule has 0 spiro atoms. The zero-order valence-electron chi connectivity index (χ0n) is 9.08. The standard InChI is InChI=1S/C13H22O/c1-2-5-9-12(8-4-1)13-10-6-3-7-11-14-13/h6,10,12-13H,1-5,7-9,11H2. The molecule has 1 saturated carbocycles. The molecular formula is C13H22O. The van der Waals surface area contributed by atoms with Crippen LogP contribution in [0.5, 0.6) is 0 Å². The molecule has 1 atom stereocenters. The van der Waals surface area contributed by atoms with Gasteiger partial charge in [0.2, 0.25) is 0 Å². The molecule has 80 valence electrons. The summed E-state index contributed by atoms with van der Waals surface area (Å²) in [6.45, 7) is 0.966. The molecule has 1 unspecified atom stereocenters. The summed E-state index contributed by atoms with van der Waals surface area (Å²) in [4.78, 5) is 0. The Morgan fingerprint density at radius 1 is 0.929 bits per heavy atom. The van der Waals surface area contributed by atoms with Gasteiger partial charge in [0.15, 0.2) is 0 Å². The molecule has 14 heavy (non-hydrogen) atoms. The molecule has 2 aliphatic rings. The molecule has 2 rings (SSSR count). The number of hydrogen-bond acceptors (Lipinski definition) is 1. The highest BCUT2D eigenvalue weighted by atomic mass is 16.5. The average Bonchev–Trinajstić information content (AvgIpc) is 2.62. The van der Waals surface area contributed by atoms with Crippen molar-refractivity contribution < 1.29 is 4.74 Å². The minimum Gasteiger partial charge on any atom is -0.374 e. The third kappa shape index (κ3) is 2.84. The number of hydrogen-bond donors (Lipinski definition) is 0. The monoisotopic (exact) mass is 194 g/mol. The molecule has 0 aromatic carbocycles. The van der Waals surface area contributed by atoms with Crippen LogP contribution in [-0.4, -0.2) is 12.7 Å². The lowest BCUT2D eigenvalue weighted by Crippen LogP contribution is -2.21. The summed E-state index contributed by atoms with van der Waals surface area (Å²) in [5.41, 5.74) is 0. The van der Waals surface area contributed by atoms with Crippen LogP contribution >= 0.6 is 0 Å². The van der Waals surface area contributed by atoms with Crippen LogP contribution in [0, 0.1) is 5.92 Å². The fourth-order valence-corrected chi connectivity index (χ4v) is 2.64. The molecule has 1 fully saturated rings. The van der Waals surface area contributed by atoms with E-state index < -0.39 is 0 Å². The van der Waals surface area contributed by atoms with Crippen molar-refractivity contribution in [3.05, 3.63) is 12.2 Å². The summed E-state index contributed by atoms with van der Waals surface area (Å²) in [6.07, 6.45) is 16.0. The Balaban J connectivity index is 1.90. The van der Waals surface area contributed by atoms with E-state index in [0.717, 1.165) is 12.5 Å². The lowest BCUT2D eigenvalue weighted by molar-refractivity contribution is 0.0421. The number of rotatable bonds is 1. The first-order valence-electron chi connectivity index (χ1n) is 6.25. The van der Waals surface area contributed by atoms with Crippen molar-refractivity contribution in [3.8, 4) is 0 Å². The summed E-state index contributed by atoms with van der Waals surface area (Å²) < 4.78 is 5.91. The van der Waals surface area contributed by atoms with Crippen molar-refractivity contribution in [2.45, 2.75) is 57.5 Å². The quantitative estimate of drug-likeness (QED) is 0.457. The van der Waals surface area contributed by atoms with E-state index in [0.29, 0.717) is 6.10 Å². The third-order valence-electron chi connectivity index (χ3n) is 3.52. The Labute approximate surface area is 87.5 Å². The van der Waals surface area contributed by atoms with E-state index in [2.05, 4.69) is 12.2 Å². The highest BCUT2D eigenvalue weighted by molar-refractivity contribution is 4.95. The molecule has 0 aromatic heterocycles. The maximum atomic E-state index is 5.91. The van der Waals surface area contributed by atoms with Gasteiger partial charge in [0.05, 0.1) is 6.10 Å². The first-order chi connectivity index (χ1) is 6.97. The van der Waals surface area contributed by atoms with Crippen LogP contribution in [0.1, 0.15) is 51.4 Å². The molecule has 0 radical (unpaired) electrons. The summed E-state index contributed by atoms with van der Waals surface area (Å²) in [5, 5.41) is 0. The summed E-state index contributed by atoms with van der Waals surface area (Å²) in [6, 6.07) is 0. The lowest BCUT2D eigenvalue weighted by Gasteiger charge is -2.22. The van der Waals surface area contributed by atoms with Crippen LogP contribution < -0.4 is 0 Å².